The molecule has 1 aliphatic rings. The van der Waals surface area contributed by atoms with Gasteiger partial charge in [0.15, 0.2) is 5.65 Å². The van der Waals surface area contributed by atoms with Gasteiger partial charge in [-0.15, -0.1) is 0 Å². The highest BCUT2D eigenvalue weighted by Crippen LogP contribution is 2.24. The van der Waals surface area contributed by atoms with Crippen molar-refractivity contribution >= 4 is 17.1 Å². The van der Waals surface area contributed by atoms with Gasteiger partial charge in [0.2, 0.25) is 5.91 Å². The van der Waals surface area contributed by atoms with Gasteiger partial charge < -0.3 is 14.4 Å². The van der Waals surface area contributed by atoms with Crippen molar-refractivity contribution in [1.82, 2.24) is 19.0 Å². The van der Waals surface area contributed by atoms with Crippen LogP contribution in [0.5, 0.6) is 0 Å². The minimum atomic E-state index is -0.112. The second-order valence-electron chi connectivity index (χ2n) is 7.75. The molecule has 8 nitrogen and oxygen atoms in total. The van der Waals surface area contributed by atoms with Crippen LogP contribution in [0.3, 0.4) is 0 Å². The molecule has 0 radical (unpaired) electrons. The van der Waals surface area contributed by atoms with E-state index in [1.165, 1.54) is 0 Å². The number of fused-ring (bicyclic) bond motifs is 1. The Kier molecular flexibility index (Phi) is 6.79. The Morgan fingerprint density at radius 3 is 2.81 bits per heavy atom. The number of piperidine rings is 1. The third-order valence-electron chi connectivity index (χ3n) is 5.68. The van der Waals surface area contributed by atoms with E-state index in [0.717, 1.165) is 23.9 Å². The van der Waals surface area contributed by atoms with Crippen molar-refractivity contribution in [1.29, 1.82) is 0 Å². The van der Waals surface area contributed by atoms with Gasteiger partial charge in [-0.1, -0.05) is 30.3 Å². The van der Waals surface area contributed by atoms with Crippen LogP contribution in [0.1, 0.15) is 24.4 Å². The Hall–Kier alpha value is -2.97. The molecule has 4 rings (SSSR count). The van der Waals surface area contributed by atoms with E-state index in [1.807, 2.05) is 42.5 Å². The van der Waals surface area contributed by atoms with Gasteiger partial charge in [0.25, 0.3) is 0 Å². The number of nitrogens with zero attached hydrogens (tertiary/aromatic N) is 4. The fraction of sp³-hybridized carbons (Fsp3) is 0.435. The summed E-state index contributed by atoms with van der Waals surface area (Å²) >= 11 is 0. The van der Waals surface area contributed by atoms with Gasteiger partial charge in [0.1, 0.15) is 6.61 Å². The first kappa shape index (κ1) is 21.3. The third-order valence-corrected chi connectivity index (χ3v) is 5.68. The minimum absolute atomic E-state index is 0.0268. The van der Waals surface area contributed by atoms with E-state index in [-0.39, 0.29) is 24.2 Å². The average Bonchev–Trinajstić information content (AvgIpc) is 3.09. The zero-order valence-electron chi connectivity index (χ0n) is 17.8. The third kappa shape index (κ3) is 4.70. The summed E-state index contributed by atoms with van der Waals surface area (Å²) in [6.45, 7) is 2.51. The van der Waals surface area contributed by atoms with Crippen molar-refractivity contribution in [2.45, 2.75) is 25.4 Å². The molecule has 1 aromatic carbocycles. The van der Waals surface area contributed by atoms with E-state index < -0.39 is 0 Å². The Labute approximate surface area is 181 Å². The highest BCUT2D eigenvalue weighted by atomic mass is 16.5. The Bertz CT molecular complexity index is 1080. The molecule has 1 atom stereocenters. The van der Waals surface area contributed by atoms with E-state index in [4.69, 9.17) is 9.47 Å². The molecule has 3 heterocycles. The summed E-state index contributed by atoms with van der Waals surface area (Å²) in [6, 6.07) is 13.6. The lowest BCUT2D eigenvalue weighted by atomic mass is 10.1. The first-order chi connectivity index (χ1) is 15.2. The zero-order chi connectivity index (χ0) is 21.6. The van der Waals surface area contributed by atoms with Gasteiger partial charge in [0.05, 0.1) is 31.3 Å². The van der Waals surface area contributed by atoms with Crippen LogP contribution in [-0.2, 0) is 20.8 Å². The molecule has 31 heavy (non-hydrogen) atoms. The maximum absolute atomic E-state index is 13.5. The molecule has 0 bridgehead atoms. The lowest BCUT2D eigenvalue weighted by molar-refractivity contribution is -0.138. The van der Waals surface area contributed by atoms with Gasteiger partial charge in [-0.3, -0.25) is 13.9 Å². The summed E-state index contributed by atoms with van der Waals surface area (Å²) in [5, 5.41) is 0. The van der Waals surface area contributed by atoms with Crippen molar-refractivity contribution in [3.63, 3.8) is 0 Å². The van der Waals surface area contributed by atoms with Crippen LogP contribution in [0.4, 0.5) is 0 Å². The van der Waals surface area contributed by atoms with E-state index in [2.05, 4.69) is 4.98 Å². The molecule has 1 saturated heterocycles. The molecule has 1 aliphatic heterocycles. The van der Waals surface area contributed by atoms with E-state index in [9.17, 15) is 9.59 Å². The largest absolute Gasteiger partial charge is 0.382 e. The monoisotopic (exact) mass is 424 g/mol. The van der Waals surface area contributed by atoms with Crippen LogP contribution in [0.2, 0.25) is 0 Å². The number of amides is 1. The van der Waals surface area contributed by atoms with Crippen LogP contribution >= 0.6 is 0 Å². The van der Waals surface area contributed by atoms with Gasteiger partial charge in [-0.2, -0.15) is 0 Å². The number of carbonyl (C=O) groups is 1. The van der Waals surface area contributed by atoms with E-state index in [0.29, 0.717) is 38.5 Å². The molecule has 0 saturated carbocycles. The van der Waals surface area contributed by atoms with Crippen molar-refractivity contribution < 1.29 is 14.3 Å². The molecule has 0 unspecified atom stereocenters. The number of hydrogen-bond acceptors (Lipinski definition) is 5. The molecular weight excluding hydrogens is 396 g/mol. The first-order valence-corrected chi connectivity index (χ1v) is 10.6. The number of hydrogen-bond donors (Lipinski definition) is 0. The van der Waals surface area contributed by atoms with Crippen LogP contribution in [0.25, 0.3) is 11.2 Å². The summed E-state index contributed by atoms with van der Waals surface area (Å²) in [6.07, 6.45) is 3.37. The highest BCUT2D eigenvalue weighted by Gasteiger charge is 2.28. The predicted octanol–water partition coefficient (Wildman–Crippen LogP) is 2.07. The number of ether oxygens (including phenoxy) is 2. The van der Waals surface area contributed by atoms with Crippen molar-refractivity contribution in [3.8, 4) is 0 Å². The minimum Gasteiger partial charge on any atom is -0.382 e. The Balaban J connectivity index is 1.58. The van der Waals surface area contributed by atoms with E-state index in [1.54, 1.807) is 27.3 Å². The molecule has 0 N–H and O–H groups in total. The molecule has 2 aromatic heterocycles. The predicted molar refractivity (Wildman–Crippen MR) is 117 cm³/mol. The molecular formula is C23H28N4O4. The highest BCUT2D eigenvalue weighted by molar-refractivity contribution is 5.77. The molecule has 164 valence electrons. The van der Waals surface area contributed by atoms with Gasteiger partial charge in [0, 0.05) is 26.4 Å². The summed E-state index contributed by atoms with van der Waals surface area (Å²) in [5.41, 5.74) is 2.44. The topological polar surface area (TPSA) is 78.6 Å². The lowest BCUT2D eigenvalue weighted by Gasteiger charge is -2.33. The number of pyridine rings is 1. The smallest absolute Gasteiger partial charge is 0.330 e. The summed E-state index contributed by atoms with van der Waals surface area (Å²) in [7, 11) is 1.60. The van der Waals surface area contributed by atoms with Crippen LogP contribution in [-0.4, -0.2) is 64.9 Å². The Morgan fingerprint density at radius 2 is 2.00 bits per heavy atom. The lowest BCUT2D eigenvalue weighted by Crippen LogP contribution is -2.44. The number of carbonyl (C=O) groups excluding carboxylic acids is 1. The number of imidazole rings is 1. The van der Waals surface area contributed by atoms with Crippen molar-refractivity contribution in [3.05, 3.63) is 64.7 Å². The number of benzene rings is 1. The quantitative estimate of drug-likeness (QED) is 0.518. The Morgan fingerprint density at radius 1 is 1.16 bits per heavy atom. The van der Waals surface area contributed by atoms with Crippen LogP contribution in [0, 0.1) is 0 Å². The van der Waals surface area contributed by atoms with Gasteiger partial charge >= 0.3 is 5.69 Å². The van der Waals surface area contributed by atoms with Crippen molar-refractivity contribution in [2.24, 2.45) is 0 Å². The normalized spacial score (nSPS) is 16.7. The number of rotatable bonds is 8. The first-order valence-electron chi connectivity index (χ1n) is 10.6. The fourth-order valence-electron chi connectivity index (χ4n) is 4.14. The zero-order valence-corrected chi connectivity index (χ0v) is 17.8. The second kappa shape index (κ2) is 9.89. The number of methoxy groups -OCH3 is 1. The second-order valence-corrected chi connectivity index (χ2v) is 7.75. The summed E-state index contributed by atoms with van der Waals surface area (Å²) < 4.78 is 13.9. The molecule has 1 fully saturated rings. The van der Waals surface area contributed by atoms with Crippen LogP contribution in [0.15, 0.2) is 53.5 Å². The maximum Gasteiger partial charge on any atom is 0.330 e. The van der Waals surface area contributed by atoms with Gasteiger partial charge in [-0.25, -0.2) is 9.78 Å². The molecule has 3 aromatic rings. The number of likely N-dealkylation sites (tertiary alicyclic amines) is 1. The van der Waals surface area contributed by atoms with E-state index >= 15 is 0 Å². The van der Waals surface area contributed by atoms with Gasteiger partial charge in [-0.05, 0) is 30.5 Å². The standard InChI is InChI=1S/C23H28N4O4/c1-30-13-14-31-17-21(28)25-12-6-9-19(16-25)27-22-20(10-5-11-24-22)26(23(27)29)15-18-7-3-2-4-8-18/h2-5,7-8,10-11,19H,6,9,12-17H2,1H3/t19-/m0/s1. The summed E-state index contributed by atoms with van der Waals surface area (Å²) in [4.78, 5) is 32.3. The SMILES string of the molecule is COCCOCC(=O)N1CCC[C@H](n2c(=O)n(Cc3ccccc3)c3cccnc32)C1. The van der Waals surface area contributed by atoms with Crippen LogP contribution < -0.4 is 5.69 Å². The summed E-state index contributed by atoms with van der Waals surface area (Å²) in [5.74, 6) is -0.0603. The molecule has 8 heteroatoms. The molecule has 0 aliphatic carbocycles. The fourth-order valence-corrected chi connectivity index (χ4v) is 4.14. The number of aromatic nitrogens is 3. The average molecular weight is 425 g/mol. The maximum atomic E-state index is 13.5. The van der Waals surface area contributed by atoms with Crippen molar-refractivity contribution in [2.75, 3.05) is 40.0 Å². The molecule has 1 amide bonds. The molecule has 0 spiro atoms.